The van der Waals surface area contributed by atoms with E-state index in [2.05, 4.69) is 12.2 Å². The number of ether oxygens (including phenoxy) is 1. The first-order chi connectivity index (χ1) is 14.1. The van der Waals surface area contributed by atoms with Crippen molar-refractivity contribution in [3.05, 3.63) is 29.8 Å². The van der Waals surface area contributed by atoms with E-state index in [0.717, 1.165) is 32.1 Å². The van der Waals surface area contributed by atoms with Gasteiger partial charge >= 0.3 is 0 Å². The van der Waals surface area contributed by atoms with Crippen molar-refractivity contribution in [3.8, 4) is 5.75 Å². The second-order valence-electron chi connectivity index (χ2n) is 9.15. The molecule has 4 rings (SSSR count). The topological polar surface area (TPSA) is 58.6 Å². The summed E-state index contributed by atoms with van der Waals surface area (Å²) in [5, 5.41) is 3.32. The first-order valence-electron chi connectivity index (χ1n) is 11.4. The van der Waals surface area contributed by atoms with Gasteiger partial charge in [0.05, 0.1) is 12.7 Å². The molecule has 1 aromatic rings. The Morgan fingerprint density at radius 2 is 1.76 bits per heavy atom. The number of nitrogens with zero attached hydrogens (tertiary/aromatic N) is 1. The van der Waals surface area contributed by atoms with E-state index in [9.17, 15) is 9.59 Å². The summed E-state index contributed by atoms with van der Waals surface area (Å²) in [6, 6.07) is 7.41. The highest BCUT2D eigenvalue weighted by atomic mass is 16.5. The highest BCUT2D eigenvalue weighted by Gasteiger charge is 2.48. The largest absolute Gasteiger partial charge is 0.496 e. The molecule has 5 atom stereocenters. The fourth-order valence-corrected chi connectivity index (χ4v) is 5.76. The van der Waals surface area contributed by atoms with Crippen molar-refractivity contribution >= 4 is 11.8 Å². The third-order valence-electron chi connectivity index (χ3n) is 7.40. The maximum absolute atomic E-state index is 13.6. The van der Waals surface area contributed by atoms with Crippen molar-refractivity contribution in [2.75, 3.05) is 7.11 Å². The molecular formula is C24H34N2O3. The summed E-state index contributed by atoms with van der Waals surface area (Å²) in [7, 11) is 1.59. The molecule has 1 heterocycles. The molecular weight excluding hydrogens is 364 g/mol. The lowest BCUT2D eigenvalue weighted by molar-refractivity contribution is -0.126. The average molecular weight is 399 g/mol. The number of hydrogen-bond acceptors (Lipinski definition) is 3. The number of para-hydroxylation sites is 1. The van der Waals surface area contributed by atoms with Gasteiger partial charge in [0.2, 0.25) is 5.91 Å². The predicted molar refractivity (Wildman–Crippen MR) is 113 cm³/mol. The molecule has 0 radical (unpaired) electrons. The Kier molecular flexibility index (Phi) is 6.12. The Bertz CT molecular complexity index is 749. The zero-order chi connectivity index (χ0) is 20.4. The number of nitrogens with one attached hydrogen (secondary N) is 1. The van der Waals surface area contributed by atoms with E-state index in [1.807, 2.05) is 29.2 Å². The van der Waals surface area contributed by atoms with Gasteiger partial charge in [0.15, 0.2) is 0 Å². The summed E-state index contributed by atoms with van der Waals surface area (Å²) in [6.07, 6.45) is 9.88. The molecule has 2 aliphatic carbocycles. The van der Waals surface area contributed by atoms with Gasteiger partial charge in [-0.25, -0.2) is 0 Å². The molecule has 5 nitrogen and oxygen atoms in total. The summed E-state index contributed by atoms with van der Waals surface area (Å²) < 4.78 is 5.45. The Morgan fingerprint density at radius 1 is 1.03 bits per heavy atom. The van der Waals surface area contributed by atoms with Crippen LogP contribution in [0.3, 0.4) is 0 Å². The molecule has 0 spiro atoms. The summed E-state index contributed by atoms with van der Waals surface area (Å²) >= 11 is 0. The van der Waals surface area contributed by atoms with Gasteiger partial charge in [-0.05, 0) is 56.1 Å². The number of carbonyl (C=O) groups is 2. The monoisotopic (exact) mass is 398 g/mol. The summed E-state index contributed by atoms with van der Waals surface area (Å²) in [6.45, 7) is 2.23. The van der Waals surface area contributed by atoms with Crippen LogP contribution in [-0.2, 0) is 4.79 Å². The average Bonchev–Trinajstić information content (AvgIpc) is 3.14. The van der Waals surface area contributed by atoms with Crippen LogP contribution in [0.5, 0.6) is 5.75 Å². The maximum atomic E-state index is 13.6. The second-order valence-corrected chi connectivity index (χ2v) is 9.15. The Labute approximate surface area is 174 Å². The minimum absolute atomic E-state index is 0.0430. The number of hydrogen-bond donors (Lipinski definition) is 1. The minimum atomic E-state index is -0.366. The van der Waals surface area contributed by atoms with Gasteiger partial charge in [0.1, 0.15) is 11.8 Å². The van der Waals surface area contributed by atoms with Crippen LogP contribution in [0.15, 0.2) is 24.3 Å². The normalized spacial score (nSPS) is 31.8. The lowest BCUT2D eigenvalue weighted by Crippen LogP contribution is -2.52. The summed E-state index contributed by atoms with van der Waals surface area (Å²) in [4.78, 5) is 28.9. The van der Waals surface area contributed by atoms with Crippen molar-refractivity contribution in [3.63, 3.8) is 0 Å². The van der Waals surface area contributed by atoms with Crippen LogP contribution in [0, 0.1) is 11.8 Å². The molecule has 3 fully saturated rings. The van der Waals surface area contributed by atoms with Gasteiger partial charge in [-0.15, -0.1) is 0 Å². The number of fused-ring (bicyclic) bond motifs is 1. The first kappa shape index (κ1) is 20.2. The van der Waals surface area contributed by atoms with Gasteiger partial charge in [-0.2, -0.15) is 0 Å². The van der Waals surface area contributed by atoms with Crippen LogP contribution in [0.2, 0.25) is 0 Å². The van der Waals surface area contributed by atoms with Crippen LogP contribution < -0.4 is 10.1 Å². The van der Waals surface area contributed by atoms with E-state index in [4.69, 9.17) is 4.74 Å². The SMILES string of the molecule is COc1ccccc1C(=O)N1[C@@H]2CCCC[C@H]2C[C@H]1C(=O)N[C@@H]1CCCC[C@@H]1C. The minimum Gasteiger partial charge on any atom is -0.496 e. The number of rotatable bonds is 4. The molecule has 1 N–H and O–H groups in total. The van der Waals surface area contributed by atoms with Crippen LogP contribution in [0.1, 0.15) is 75.1 Å². The molecule has 2 saturated carbocycles. The molecule has 158 valence electrons. The standard InChI is InChI=1S/C24H34N2O3/c1-16-9-3-6-12-19(16)25-23(27)21-15-17-10-4-7-13-20(17)26(21)24(28)18-11-5-8-14-22(18)29-2/h5,8,11,14,16-17,19-21H,3-4,6-7,9-10,12-13,15H2,1-2H3,(H,25,27)/t16-,17-,19+,20+,21-/m0/s1. The smallest absolute Gasteiger partial charge is 0.258 e. The van der Waals surface area contributed by atoms with Gasteiger partial charge in [0, 0.05) is 12.1 Å². The van der Waals surface area contributed by atoms with Crippen molar-refractivity contribution < 1.29 is 14.3 Å². The van der Waals surface area contributed by atoms with Crippen LogP contribution in [-0.4, -0.2) is 41.9 Å². The van der Waals surface area contributed by atoms with Gasteiger partial charge < -0.3 is 15.0 Å². The predicted octanol–water partition coefficient (Wildman–Crippen LogP) is 4.16. The summed E-state index contributed by atoms with van der Waals surface area (Å²) in [5.74, 6) is 1.50. The third kappa shape index (κ3) is 4.01. The van der Waals surface area contributed by atoms with Crippen LogP contribution >= 0.6 is 0 Å². The molecule has 0 unspecified atom stereocenters. The Morgan fingerprint density at radius 3 is 2.55 bits per heavy atom. The number of methoxy groups -OCH3 is 1. The van der Waals surface area contributed by atoms with E-state index in [1.54, 1.807) is 7.11 Å². The lowest BCUT2D eigenvalue weighted by atomic mass is 9.84. The molecule has 1 aromatic carbocycles. The van der Waals surface area contributed by atoms with Crippen molar-refractivity contribution in [1.29, 1.82) is 0 Å². The lowest BCUT2D eigenvalue weighted by Gasteiger charge is -2.35. The van der Waals surface area contributed by atoms with Crippen LogP contribution in [0.25, 0.3) is 0 Å². The van der Waals surface area contributed by atoms with Crippen molar-refractivity contribution in [2.45, 2.75) is 82.8 Å². The number of likely N-dealkylation sites (tertiary alicyclic amines) is 1. The van der Waals surface area contributed by atoms with Gasteiger partial charge in [0.25, 0.3) is 5.91 Å². The van der Waals surface area contributed by atoms with E-state index >= 15 is 0 Å². The molecule has 2 amide bonds. The number of carbonyl (C=O) groups excluding carboxylic acids is 2. The highest BCUT2D eigenvalue weighted by Crippen LogP contribution is 2.41. The van der Waals surface area contributed by atoms with E-state index < -0.39 is 0 Å². The quantitative estimate of drug-likeness (QED) is 0.828. The molecule has 0 aromatic heterocycles. The van der Waals surface area contributed by atoms with Gasteiger partial charge in [-0.1, -0.05) is 44.7 Å². The fraction of sp³-hybridized carbons (Fsp3) is 0.667. The fourth-order valence-electron chi connectivity index (χ4n) is 5.76. The van der Waals surface area contributed by atoms with E-state index in [-0.39, 0.29) is 29.9 Å². The van der Waals surface area contributed by atoms with E-state index in [0.29, 0.717) is 23.1 Å². The molecule has 5 heteroatoms. The maximum Gasteiger partial charge on any atom is 0.258 e. The van der Waals surface area contributed by atoms with E-state index in [1.165, 1.54) is 25.7 Å². The first-order valence-corrected chi connectivity index (χ1v) is 11.4. The number of benzene rings is 1. The Hall–Kier alpha value is -2.04. The Balaban J connectivity index is 1.59. The highest BCUT2D eigenvalue weighted by molar-refractivity contribution is 6.00. The van der Waals surface area contributed by atoms with Crippen molar-refractivity contribution in [1.82, 2.24) is 10.2 Å². The summed E-state index contributed by atoms with van der Waals surface area (Å²) in [5.41, 5.74) is 0.560. The zero-order valence-corrected chi connectivity index (χ0v) is 17.7. The molecule has 3 aliphatic rings. The zero-order valence-electron chi connectivity index (χ0n) is 17.7. The molecule has 29 heavy (non-hydrogen) atoms. The molecule has 1 saturated heterocycles. The van der Waals surface area contributed by atoms with Crippen LogP contribution in [0.4, 0.5) is 0 Å². The van der Waals surface area contributed by atoms with Gasteiger partial charge in [-0.3, -0.25) is 9.59 Å². The number of amides is 2. The second kappa shape index (κ2) is 8.76. The van der Waals surface area contributed by atoms with Crippen molar-refractivity contribution in [2.24, 2.45) is 11.8 Å². The third-order valence-corrected chi connectivity index (χ3v) is 7.40. The molecule has 0 bridgehead atoms. The molecule has 1 aliphatic heterocycles.